The molecule has 242 valence electrons. The second kappa shape index (κ2) is 15.4. The Bertz CT molecular complexity index is 1930. The number of hydrogen-bond acceptors (Lipinski definition) is 3. The van der Waals surface area contributed by atoms with E-state index in [1.54, 1.807) is 0 Å². The van der Waals surface area contributed by atoms with Crippen LogP contribution in [0.4, 0.5) is 0 Å². The quantitative estimate of drug-likeness (QED) is 0.0935. The Labute approximate surface area is 279 Å². The van der Waals surface area contributed by atoms with E-state index in [4.69, 9.17) is 9.97 Å². The van der Waals surface area contributed by atoms with Gasteiger partial charge in [0.1, 0.15) is 6.29 Å². The Morgan fingerprint density at radius 1 is 0.511 bits per heavy atom. The van der Waals surface area contributed by atoms with Crippen molar-refractivity contribution in [1.29, 1.82) is 0 Å². The normalized spacial score (nSPS) is 12.2. The highest BCUT2D eigenvalue weighted by Crippen LogP contribution is 2.33. The van der Waals surface area contributed by atoms with Gasteiger partial charge in [0.25, 0.3) is 0 Å². The second-order valence-electron chi connectivity index (χ2n) is 12.9. The van der Waals surface area contributed by atoms with Crippen LogP contribution in [0.2, 0.25) is 0 Å². The molecule has 0 atom stereocenters. The molecule has 0 saturated carbocycles. The van der Waals surface area contributed by atoms with Crippen LogP contribution in [0.3, 0.4) is 0 Å². The molecule has 0 amide bonds. The van der Waals surface area contributed by atoms with Crippen LogP contribution in [-0.4, -0.2) is 26.2 Å². The summed E-state index contributed by atoms with van der Waals surface area (Å²) in [7, 11) is 0. The Balaban J connectivity index is 1.69. The van der Waals surface area contributed by atoms with Gasteiger partial charge in [-0.05, 0) is 92.7 Å². The summed E-state index contributed by atoms with van der Waals surface area (Å²) >= 11 is 0. The van der Waals surface area contributed by atoms with Crippen LogP contribution in [0.5, 0.6) is 0 Å². The molecule has 0 aliphatic carbocycles. The first-order valence-electron chi connectivity index (χ1n) is 17.8. The molecule has 5 heteroatoms. The number of nitrogens with one attached hydrogen (secondary N) is 2. The average Bonchev–Trinajstić information content (AvgIpc) is 3.93. The van der Waals surface area contributed by atoms with Crippen LogP contribution in [0.15, 0.2) is 48.5 Å². The highest BCUT2D eigenvalue weighted by atomic mass is 16.1. The number of carbonyl (C=O) groups is 1. The van der Waals surface area contributed by atoms with E-state index in [0.29, 0.717) is 5.56 Å². The molecule has 2 aliphatic heterocycles. The summed E-state index contributed by atoms with van der Waals surface area (Å²) in [5.41, 5.74) is 15.0. The van der Waals surface area contributed by atoms with Gasteiger partial charge in [0.2, 0.25) is 0 Å². The van der Waals surface area contributed by atoms with Gasteiger partial charge in [-0.2, -0.15) is 0 Å². The lowest BCUT2D eigenvalue weighted by Crippen LogP contribution is -1.95. The van der Waals surface area contributed by atoms with Crippen molar-refractivity contribution >= 4 is 52.7 Å². The molecule has 6 rings (SSSR count). The fraction of sp³-hybridized carbons (Fsp3) is 0.357. The first-order valence-corrected chi connectivity index (χ1v) is 17.8. The predicted molar refractivity (Wildman–Crippen MR) is 199 cm³/mol. The summed E-state index contributed by atoms with van der Waals surface area (Å²) in [4.78, 5) is 29.8. The van der Waals surface area contributed by atoms with Gasteiger partial charge in [0.15, 0.2) is 0 Å². The molecular formula is C42H48N4O. The molecule has 0 radical (unpaired) electrons. The number of aromatic amines is 2. The highest BCUT2D eigenvalue weighted by molar-refractivity contribution is 5.92. The van der Waals surface area contributed by atoms with Crippen LogP contribution >= 0.6 is 0 Å². The van der Waals surface area contributed by atoms with Gasteiger partial charge in [-0.1, -0.05) is 83.6 Å². The monoisotopic (exact) mass is 624 g/mol. The lowest BCUT2D eigenvalue weighted by molar-refractivity contribution is 0.112. The van der Waals surface area contributed by atoms with E-state index in [2.05, 4.69) is 79.3 Å². The van der Waals surface area contributed by atoms with Crippen molar-refractivity contribution in [3.05, 3.63) is 93.6 Å². The first kappa shape index (κ1) is 32.4. The van der Waals surface area contributed by atoms with Gasteiger partial charge in [-0.25, -0.2) is 9.97 Å². The van der Waals surface area contributed by atoms with Crippen molar-refractivity contribution < 1.29 is 4.79 Å². The molecule has 8 bridgehead atoms. The molecule has 0 fully saturated rings. The van der Waals surface area contributed by atoms with E-state index in [9.17, 15) is 4.79 Å². The number of fused-ring (bicyclic) bond motifs is 8. The number of nitrogens with zero attached hydrogens (tertiary/aromatic N) is 2. The van der Waals surface area contributed by atoms with Crippen LogP contribution in [0.25, 0.3) is 57.5 Å². The van der Waals surface area contributed by atoms with Crippen molar-refractivity contribution in [2.24, 2.45) is 0 Å². The summed E-state index contributed by atoms with van der Waals surface area (Å²) in [6.45, 7) is 6.77. The van der Waals surface area contributed by atoms with E-state index in [1.807, 2.05) is 24.3 Å². The third-order valence-corrected chi connectivity index (χ3v) is 9.51. The fourth-order valence-corrected chi connectivity index (χ4v) is 6.86. The Kier molecular flexibility index (Phi) is 10.6. The lowest BCUT2D eigenvalue weighted by Gasteiger charge is -2.06. The maximum absolute atomic E-state index is 11.5. The molecule has 47 heavy (non-hydrogen) atoms. The average molecular weight is 625 g/mol. The standard InChI is InChI=1S/C42H48N4O/c1-4-7-10-13-31-34-20-22-36(43-34)32(14-11-8-5-2)38-24-26-40(45-38)42(30-18-16-29(28-47)17-19-30)41-27-25-39(46-41)33(15-12-9-6-3)37-23-21-35(31)44-37/h16-28,43,46H,4-15H2,1-3H3. The Morgan fingerprint density at radius 3 is 1.36 bits per heavy atom. The zero-order valence-corrected chi connectivity index (χ0v) is 28.3. The van der Waals surface area contributed by atoms with Crippen LogP contribution in [0, 0.1) is 0 Å². The smallest absolute Gasteiger partial charge is 0.150 e. The molecule has 0 spiro atoms. The van der Waals surface area contributed by atoms with Crippen LogP contribution in [-0.2, 0) is 19.3 Å². The third kappa shape index (κ3) is 7.25. The number of hydrogen-bond donors (Lipinski definition) is 2. The van der Waals surface area contributed by atoms with E-state index in [0.717, 1.165) is 101 Å². The molecule has 0 saturated heterocycles. The molecule has 1 aromatic carbocycles. The SMILES string of the molecule is CCCCCc1c2nc(c(CCCCC)c3ccc([nH]3)c(-c3ccc(C=O)cc3)c3nc(c(CCCCC)c4ccc1[nH]4)C=C3)C=C2. The number of rotatable bonds is 14. The fourth-order valence-electron chi connectivity index (χ4n) is 6.86. The maximum Gasteiger partial charge on any atom is 0.150 e. The van der Waals surface area contributed by atoms with Crippen LogP contribution in [0.1, 0.15) is 128 Å². The lowest BCUT2D eigenvalue weighted by atomic mass is 10.0. The minimum atomic E-state index is 0.662. The van der Waals surface area contributed by atoms with Crippen molar-refractivity contribution in [2.45, 2.75) is 97.8 Å². The number of H-pyrrole nitrogens is 2. The van der Waals surface area contributed by atoms with E-state index < -0.39 is 0 Å². The number of aryl methyl sites for hydroxylation is 3. The summed E-state index contributed by atoms with van der Waals surface area (Å²) < 4.78 is 0. The van der Waals surface area contributed by atoms with Crippen molar-refractivity contribution in [2.75, 3.05) is 0 Å². The minimum Gasteiger partial charge on any atom is -0.355 e. The van der Waals surface area contributed by atoms with E-state index in [-0.39, 0.29) is 0 Å². The summed E-state index contributed by atoms with van der Waals surface area (Å²) in [5.74, 6) is 0. The predicted octanol–water partition coefficient (Wildman–Crippen LogP) is 11.3. The van der Waals surface area contributed by atoms with Gasteiger partial charge in [0, 0.05) is 49.9 Å². The first-order chi connectivity index (χ1) is 23.1. The molecular weight excluding hydrogens is 576 g/mol. The largest absolute Gasteiger partial charge is 0.355 e. The molecule has 3 aromatic heterocycles. The summed E-state index contributed by atoms with van der Waals surface area (Å²) in [6, 6.07) is 16.7. The van der Waals surface area contributed by atoms with Gasteiger partial charge in [0.05, 0.1) is 22.8 Å². The zero-order valence-electron chi connectivity index (χ0n) is 28.3. The van der Waals surface area contributed by atoms with Crippen molar-refractivity contribution in [3.8, 4) is 11.1 Å². The minimum absolute atomic E-state index is 0.662. The van der Waals surface area contributed by atoms with Crippen molar-refractivity contribution in [1.82, 2.24) is 19.9 Å². The number of carbonyl (C=O) groups excluding carboxylic acids is 1. The van der Waals surface area contributed by atoms with Crippen molar-refractivity contribution in [3.63, 3.8) is 0 Å². The van der Waals surface area contributed by atoms with Gasteiger partial charge in [-0.15, -0.1) is 0 Å². The topological polar surface area (TPSA) is 74.4 Å². The Morgan fingerprint density at radius 2 is 0.915 bits per heavy atom. The number of unbranched alkanes of at least 4 members (excludes halogenated alkanes) is 6. The van der Waals surface area contributed by atoms with Gasteiger partial charge < -0.3 is 9.97 Å². The third-order valence-electron chi connectivity index (χ3n) is 9.51. The van der Waals surface area contributed by atoms with Crippen LogP contribution < -0.4 is 0 Å². The molecule has 4 aromatic rings. The van der Waals surface area contributed by atoms with E-state index >= 15 is 0 Å². The zero-order chi connectivity index (χ0) is 32.6. The molecule has 0 unspecified atom stereocenters. The van der Waals surface area contributed by atoms with Gasteiger partial charge in [-0.3, -0.25) is 4.79 Å². The number of benzene rings is 1. The molecule has 5 nitrogen and oxygen atoms in total. The molecule has 2 N–H and O–H groups in total. The second-order valence-corrected chi connectivity index (χ2v) is 12.9. The number of aromatic nitrogens is 4. The Hall–Kier alpha value is -4.51. The summed E-state index contributed by atoms with van der Waals surface area (Å²) in [6.07, 6.45) is 23.0. The number of aldehydes is 1. The highest BCUT2D eigenvalue weighted by Gasteiger charge is 2.17. The van der Waals surface area contributed by atoms with E-state index in [1.165, 1.54) is 55.2 Å². The van der Waals surface area contributed by atoms with Gasteiger partial charge >= 0.3 is 0 Å². The maximum atomic E-state index is 11.5. The molecule has 2 aliphatic rings. The molecule has 5 heterocycles. The summed E-state index contributed by atoms with van der Waals surface area (Å²) in [5, 5.41) is 0.